The van der Waals surface area contributed by atoms with Crippen molar-refractivity contribution in [3.8, 4) is 11.5 Å². The smallest absolute Gasteiger partial charge is 0.269 e. The zero-order valence-corrected chi connectivity index (χ0v) is 20.0. The molecular formula is C26H32N4O2S. The maximum absolute atomic E-state index is 11.8. The molecule has 33 heavy (non-hydrogen) atoms. The van der Waals surface area contributed by atoms with Crippen LogP contribution in [0.4, 0.5) is 5.13 Å². The number of amides is 1. The lowest BCUT2D eigenvalue weighted by molar-refractivity contribution is 0.0958. The average Bonchev–Trinajstić information content (AvgIpc) is 3.26. The van der Waals surface area contributed by atoms with Gasteiger partial charge in [0, 0.05) is 31.4 Å². The number of rotatable bonds is 6. The topological polar surface area (TPSA) is 76.1 Å². The van der Waals surface area contributed by atoms with E-state index in [0.29, 0.717) is 17.5 Å². The normalized spacial score (nSPS) is 21.6. The molecule has 1 amide bonds. The minimum Gasteiger partial charge on any atom is -0.457 e. The Bertz CT molecular complexity index is 1110. The number of thiazole rings is 1. The van der Waals surface area contributed by atoms with Gasteiger partial charge in [-0.1, -0.05) is 56.3 Å². The Balaban J connectivity index is 1.30. The lowest BCUT2D eigenvalue weighted by Crippen LogP contribution is -2.37. The molecule has 174 valence electrons. The SMILES string of the molecule is CNC(=O)c1cc(Oc2ccc3nc(NC4CCCCC4C4CCCCC4)sc3c2)ccn1. The van der Waals surface area contributed by atoms with E-state index in [4.69, 9.17) is 9.72 Å². The van der Waals surface area contributed by atoms with E-state index in [0.717, 1.165) is 32.9 Å². The van der Waals surface area contributed by atoms with Gasteiger partial charge in [-0.2, -0.15) is 0 Å². The predicted octanol–water partition coefficient (Wildman–Crippen LogP) is 6.39. The summed E-state index contributed by atoms with van der Waals surface area (Å²) in [6, 6.07) is 9.90. The molecule has 0 aliphatic heterocycles. The van der Waals surface area contributed by atoms with Gasteiger partial charge in [0.2, 0.25) is 0 Å². The maximum atomic E-state index is 11.8. The van der Waals surface area contributed by atoms with Crippen LogP contribution in [-0.4, -0.2) is 29.0 Å². The molecule has 2 fully saturated rings. The number of carbonyl (C=O) groups excluding carboxylic acids is 1. The number of fused-ring (bicyclic) bond motifs is 1. The van der Waals surface area contributed by atoms with Crippen molar-refractivity contribution in [1.82, 2.24) is 15.3 Å². The van der Waals surface area contributed by atoms with Gasteiger partial charge in [-0.3, -0.25) is 9.78 Å². The van der Waals surface area contributed by atoms with Gasteiger partial charge in [0.25, 0.3) is 5.91 Å². The van der Waals surface area contributed by atoms with E-state index in [9.17, 15) is 4.79 Å². The number of nitrogens with one attached hydrogen (secondary N) is 2. The lowest BCUT2D eigenvalue weighted by Gasteiger charge is -2.39. The van der Waals surface area contributed by atoms with E-state index in [1.54, 1.807) is 36.7 Å². The molecule has 1 aromatic carbocycles. The van der Waals surface area contributed by atoms with Gasteiger partial charge in [0.1, 0.15) is 17.2 Å². The molecule has 2 heterocycles. The van der Waals surface area contributed by atoms with E-state index in [1.807, 2.05) is 18.2 Å². The molecule has 2 atom stereocenters. The van der Waals surface area contributed by atoms with E-state index in [-0.39, 0.29) is 5.91 Å². The fourth-order valence-corrected chi connectivity index (χ4v) is 6.47. The number of hydrogen-bond donors (Lipinski definition) is 2. The minimum atomic E-state index is -0.233. The molecular weight excluding hydrogens is 432 g/mol. The van der Waals surface area contributed by atoms with E-state index >= 15 is 0 Å². The molecule has 2 unspecified atom stereocenters. The van der Waals surface area contributed by atoms with Crippen LogP contribution in [0.25, 0.3) is 10.2 Å². The number of ether oxygens (including phenoxy) is 1. The minimum absolute atomic E-state index is 0.233. The summed E-state index contributed by atoms with van der Waals surface area (Å²) >= 11 is 1.70. The number of pyridine rings is 1. The van der Waals surface area contributed by atoms with Crippen LogP contribution in [0.5, 0.6) is 11.5 Å². The van der Waals surface area contributed by atoms with Crippen molar-refractivity contribution in [2.24, 2.45) is 11.8 Å². The standard InChI is InChI=1S/C26H32N4O2S/c1-27-25(31)23-15-19(13-14-28-23)32-18-11-12-22-24(16-18)33-26(30-22)29-21-10-6-5-9-20(21)17-7-3-2-4-8-17/h11-17,20-21H,2-10H2,1H3,(H,27,31)(H,29,30). The highest BCUT2D eigenvalue weighted by Crippen LogP contribution is 2.40. The van der Waals surface area contributed by atoms with Crippen LogP contribution < -0.4 is 15.4 Å². The fourth-order valence-electron chi connectivity index (χ4n) is 5.52. The van der Waals surface area contributed by atoms with Crippen LogP contribution in [0.1, 0.15) is 68.3 Å². The summed E-state index contributed by atoms with van der Waals surface area (Å²) < 4.78 is 7.11. The third-order valence-electron chi connectivity index (χ3n) is 7.17. The van der Waals surface area contributed by atoms with Crippen molar-refractivity contribution in [3.05, 3.63) is 42.2 Å². The molecule has 5 rings (SSSR count). The molecule has 0 saturated heterocycles. The number of aromatic nitrogens is 2. The Morgan fingerprint density at radius 1 is 1.00 bits per heavy atom. The number of carbonyl (C=O) groups is 1. The zero-order chi connectivity index (χ0) is 22.6. The second-order valence-electron chi connectivity index (χ2n) is 9.30. The largest absolute Gasteiger partial charge is 0.457 e. The van der Waals surface area contributed by atoms with Crippen molar-refractivity contribution < 1.29 is 9.53 Å². The van der Waals surface area contributed by atoms with Crippen molar-refractivity contribution in [2.75, 3.05) is 12.4 Å². The van der Waals surface area contributed by atoms with Gasteiger partial charge in [-0.05, 0) is 42.9 Å². The Hall–Kier alpha value is -2.67. The summed E-state index contributed by atoms with van der Waals surface area (Å²) in [6.45, 7) is 0. The summed E-state index contributed by atoms with van der Waals surface area (Å²) in [6.07, 6.45) is 13.9. The monoisotopic (exact) mass is 464 g/mol. The number of hydrogen-bond acceptors (Lipinski definition) is 6. The number of anilines is 1. The summed E-state index contributed by atoms with van der Waals surface area (Å²) in [5.74, 6) is 2.74. The summed E-state index contributed by atoms with van der Waals surface area (Å²) in [4.78, 5) is 20.8. The first-order valence-corrected chi connectivity index (χ1v) is 13.0. The quantitative estimate of drug-likeness (QED) is 0.442. The van der Waals surface area contributed by atoms with Gasteiger partial charge in [0.05, 0.1) is 10.2 Å². The van der Waals surface area contributed by atoms with Gasteiger partial charge >= 0.3 is 0 Å². The van der Waals surface area contributed by atoms with Crippen LogP contribution >= 0.6 is 11.3 Å². The van der Waals surface area contributed by atoms with Crippen LogP contribution in [0.2, 0.25) is 0 Å². The lowest BCUT2D eigenvalue weighted by atomic mass is 9.71. The second kappa shape index (κ2) is 10.1. The van der Waals surface area contributed by atoms with Gasteiger partial charge < -0.3 is 15.4 Å². The third kappa shape index (κ3) is 5.13. The van der Waals surface area contributed by atoms with E-state index in [1.165, 1.54) is 57.8 Å². The summed E-state index contributed by atoms with van der Waals surface area (Å²) in [5.41, 5.74) is 1.32. The van der Waals surface area contributed by atoms with Crippen molar-refractivity contribution in [1.29, 1.82) is 0 Å². The van der Waals surface area contributed by atoms with Gasteiger partial charge in [-0.15, -0.1) is 0 Å². The zero-order valence-electron chi connectivity index (χ0n) is 19.2. The van der Waals surface area contributed by atoms with Crippen LogP contribution in [0.3, 0.4) is 0 Å². The maximum Gasteiger partial charge on any atom is 0.269 e. The third-order valence-corrected chi connectivity index (χ3v) is 8.12. The van der Waals surface area contributed by atoms with Crippen molar-refractivity contribution >= 4 is 32.6 Å². The van der Waals surface area contributed by atoms with Gasteiger partial charge in [0.15, 0.2) is 5.13 Å². The Kier molecular flexibility index (Phi) is 6.76. The van der Waals surface area contributed by atoms with Crippen LogP contribution in [0.15, 0.2) is 36.5 Å². The molecule has 3 aromatic rings. The van der Waals surface area contributed by atoms with Crippen LogP contribution in [-0.2, 0) is 0 Å². The molecule has 7 heteroatoms. The number of nitrogens with zero attached hydrogens (tertiary/aromatic N) is 2. The number of benzene rings is 1. The highest BCUT2D eigenvalue weighted by molar-refractivity contribution is 7.22. The van der Waals surface area contributed by atoms with Gasteiger partial charge in [-0.25, -0.2) is 4.98 Å². The van der Waals surface area contributed by atoms with Crippen molar-refractivity contribution in [3.63, 3.8) is 0 Å². The molecule has 2 N–H and O–H groups in total. The Labute approximate surface area is 199 Å². The first-order valence-electron chi connectivity index (χ1n) is 12.2. The summed E-state index contributed by atoms with van der Waals surface area (Å²) in [5, 5.41) is 7.43. The Morgan fingerprint density at radius 3 is 2.64 bits per heavy atom. The molecule has 2 aliphatic carbocycles. The summed E-state index contributed by atoms with van der Waals surface area (Å²) in [7, 11) is 1.59. The van der Waals surface area contributed by atoms with Crippen molar-refractivity contribution in [2.45, 2.75) is 63.8 Å². The second-order valence-corrected chi connectivity index (χ2v) is 10.3. The van der Waals surface area contributed by atoms with Crippen LogP contribution in [0, 0.1) is 11.8 Å². The molecule has 0 bridgehead atoms. The Morgan fingerprint density at radius 2 is 1.79 bits per heavy atom. The average molecular weight is 465 g/mol. The van der Waals surface area contributed by atoms with E-state index < -0.39 is 0 Å². The predicted molar refractivity (Wildman–Crippen MR) is 133 cm³/mol. The molecule has 2 saturated carbocycles. The highest BCUT2D eigenvalue weighted by atomic mass is 32.1. The molecule has 2 aromatic heterocycles. The van der Waals surface area contributed by atoms with E-state index in [2.05, 4.69) is 15.6 Å². The molecule has 0 radical (unpaired) electrons. The fraction of sp³-hybridized carbons (Fsp3) is 0.500. The molecule has 0 spiro atoms. The highest BCUT2D eigenvalue weighted by Gasteiger charge is 2.32. The first kappa shape index (κ1) is 22.1. The first-order chi connectivity index (χ1) is 16.2. The molecule has 2 aliphatic rings. The molecule has 6 nitrogen and oxygen atoms in total.